The van der Waals surface area contributed by atoms with Crippen molar-refractivity contribution in [3.63, 3.8) is 0 Å². The van der Waals surface area contributed by atoms with Crippen LogP contribution in [0.1, 0.15) is 129 Å². The molecule has 131 heavy (non-hydrogen) atoms. The summed E-state index contributed by atoms with van der Waals surface area (Å²) >= 11 is 0. The van der Waals surface area contributed by atoms with Crippen LogP contribution >= 0.6 is 0 Å². The van der Waals surface area contributed by atoms with Crippen LogP contribution in [0.4, 0.5) is 92.2 Å². The number of rotatable bonds is 19. The quantitative estimate of drug-likeness (QED) is 0.0240. The normalized spacial score (nSPS) is 13.8. The predicted octanol–water partition coefficient (Wildman–Crippen LogP) is 8.66. The van der Waals surface area contributed by atoms with Crippen LogP contribution in [0, 0.1) is 6.92 Å². The smallest absolute Gasteiger partial charge is 0.518 e. The summed E-state index contributed by atoms with van der Waals surface area (Å²) < 4.78 is 427. The number of alkyl halides is 21. The number of sulfonamides is 7. The summed E-state index contributed by atoms with van der Waals surface area (Å²) in [7, 11) is -39.3. The molecule has 31 nitrogen and oxygen atoms in total. The molecule has 0 fully saturated rings. The highest BCUT2D eigenvalue weighted by Crippen LogP contribution is 2.33. The number of hydrogen-bond acceptors (Lipinski definition) is 24. The molecule has 7 rings (SSSR count). The molecule has 0 aliphatic heterocycles. The molecule has 0 bridgehead atoms. The molecule has 0 aromatic heterocycles. The number of esters is 1. The molecule has 7 aromatic rings. The Morgan fingerprint density at radius 3 is 0.786 bits per heavy atom. The Balaban J connectivity index is 0.000000765. The number of benzene rings is 7. The fourth-order valence-electron chi connectivity index (χ4n) is 7.80. The molecular formula is C72H65F21N7O24S7-7. The van der Waals surface area contributed by atoms with Crippen molar-refractivity contribution in [2.75, 3.05) is 7.11 Å². The van der Waals surface area contributed by atoms with Crippen LogP contribution in [0.15, 0.2) is 207 Å². The summed E-state index contributed by atoms with van der Waals surface area (Å²) in [4.78, 5) is 10.6. The second-order valence-corrected chi connectivity index (χ2v) is 37.7. The molecule has 59 heteroatoms. The molecule has 0 radical (unpaired) electrons. The zero-order valence-electron chi connectivity index (χ0n) is 67.8. The zero-order valence-corrected chi connectivity index (χ0v) is 73.5. The lowest BCUT2D eigenvalue weighted by Crippen LogP contribution is -2.40. The maximum absolute atomic E-state index is 12.2. The first-order valence-corrected chi connectivity index (χ1v) is 44.4. The lowest BCUT2D eigenvalue weighted by Gasteiger charge is -2.31. The van der Waals surface area contributed by atoms with Gasteiger partial charge in [-0.3, -0.25) is 4.79 Å². The van der Waals surface area contributed by atoms with Gasteiger partial charge in [0.25, 0.3) is 0 Å². The van der Waals surface area contributed by atoms with Gasteiger partial charge in [-0.25, -0.2) is 0 Å². The van der Waals surface area contributed by atoms with Crippen LogP contribution in [0.3, 0.4) is 0 Å². The highest BCUT2D eigenvalue weighted by Gasteiger charge is 2.51. The Bertz CT molecular complexity index is 6030. The molecule has 0 N–H and O–H groups in total. The van der Waals surface area contributed by atoms with Crippen LogP contribution in [0.5, 0.6) is 11.5 Å². The molecule has 0 saturated carbocycles. The highest BCUT2D eigenvalue weighted by molar-refractivity contribution is 7.92. The van der Waals surface area contributed by atoms with E-state index in [4.69, 9.17) is 4.74 Å². The topological polar surface area (TPSA) is 522 Å². The van der Waals surface area contributed by atoms with Gasteiger partial charge in [0.05, 0.1) is 7.11 Å². The summed E-state index contributed by atoms with van der Waals surface area (Å²) in [6.45, 7) is 16.9. The lowest BCUT2D eigenvalue weighted by atomic mass is 9.84. The molecule has 7 aromatic carbocycles. The maximum Gasteiger partial charge on any atom is 0.518 e. The molecule has 728 valence electrons. The minimum absolute atomic E-state index is 0.0488. The van der Waals surface area contributed by atoms with Crippen LogP contribution in [0.2, 0.25) is 0 Å². The van der Waals surface area contributed by atoms with Crippen LogP contribution < -0.4 is 45.2 Å². The summed E-state index contributed by atoms with van der Waals surface area (Å²) in [5, 5.41) is 79.4. The van der Waals surface area contributed by atoms with E-state index in [2.05, 4.69) is 35.5 Å². The number of halogens is 21. The standard InChI is InChI=1S/C12H14F3NO3S.2C11H12F3NO3S.C10H8F3NO5S.C10H10F3NO3S.C9H8F3NO4S.C9H8F3NO3S/c1-11(2,3)9-6-4-8(5-7-9)10(17)16-20(18,19)12(13,14)15;1-7(2)8-3-5-9(6-4-8)10(16)15-19(17,18)11(12,13)14;1-10(2,8-6-4-3-5-7-8)9(16)15-19(17,18)11(12,13)14;1-6(15)19-8-4-2-7(3-5-8)9(16)14-20(17,18)10(11,12)13;1-2-7-3-5-8(6-4-7)9(15)14-18(16,17)10(11,12)13;1-17-7-4-2-6(3-5-7)8(14)13-18(15,16)9(10,11)12;1-6-2-4-7(5-3-6)8(14)13-17(15,16)9(10,11)12/h4-7H,1-3H3,(H,16,17);2*3-7H,1-2H3,(H,15,16);2-5H,1H3,(H,14,16);3-6H,2H2,1H3,(H,14,15);2-5H,1H3,(H,13,14);2-5H,1H3,(H,13,14)/p-7. The van der Waals surface area contributed by atoms with Crippen molar-refractivity contribution < 1.29 is 201 Å². The number of carbonyl (C=O) groups excluding carboxylic acids is 1. The SMILES string of the molecule is CC(=O)Oc1ccc(C([O-])=NS(=O)(=O)C(F)(F)F)cc1.CC(C)(C([O-])=NS(=O)(=O)C(F)(F)F)c1ccccc1.CC(C)(C)c1ccc(C([O-])=NS(=O)(=O)C(F)(F)F)cc1.CC(C)c1ccc(C([O-])=NS(=O)(=O)C(F)(F)F)cc1.CCc1ccc(C([O-])=NS(=O)(=O)C(F)(F)F)cc1.COc1ccc(C([O-])=NS(=O)(=O)C(F)(F)F)cc1.Cc1ccc(C([O-])=NS(=O)(=O)C(F)(F)F)cc1. The minimum Gasteiger partial charge on any atom is -0.861 e. The largest absolute Gasteiger partial charge is 0.861 e. The van der Waals surface area contributed by atoms with Gasteiger partial charge in [-0.2, -0.15) is 182 Å². The van der Waals surface area contributed by atoms with Crippen molar-refractivity contribution in [3.8, 4) is 11.5 Å². The number of methoxy groups -OCH3 is 1. The third-order valence-corrected chi connectivity index (χ3v) is 21.9. The molecule has 0 atom stereocenters. The average Bonchev–Trinajstić information content (AvgIpc) is 0.804. The number of nitrogens with zero attached hydrogens (tertiary/aromatic N) is 7. The van der Waals surface area contributed by atoms with Crippen molar-refractivity contribution in [2.24, 2.45) is 30.8 Å². The van der Waals surface area contributed by atoms with E-state index >= 15 is 0 Å². The zero-order chi connectivity index (χ0) is 102. The second kappa shape index (κ2) is 45.4. The third kappa shape index (κ3) is 36.9. The van der Waals surface area contributed by atoms with Gasteiger partial charge in [-0.15, -0.1) is 0 Å². The summed E-state index contributed by atoms with van der Waals surface area (Å²) in [5.74, 6) is -10.2. The van der Waals surface area contributed by atoms with E-state index in [1.54, 1.807) is 37.3 Å². The van der Waals surface area contributed by atoms with Crippen molar-refractivity contribution in [2.45, 2.75) is 131 Å². The minimum atomic E-state index is -5.88. The van der Waals surface area contributed by atoms with E-state index in [0.29, 0.717) is 17.7 Å². The summed E-state index contributed by atoms with van der Waals surface area (Å²) in [5.41, 5.74) is -38.5. The predicted molar refractivity (Wildman–Crippen MR) is 414 cm³/mol. The first kappa shape index (κ1) is 117. The maximum atomic E-state index is 12.2. The summed E-state index contributed by atoms with van der Waals surface area (Å²) in [6.07, 6.45) is 0.687. The molecule has 0 unspecified atom stereocenters. The number of ether oxygens (including phenoxy) is 2. The average molecular weight is 2040 g/mol. The number of hydrogen-bond donors (Lipinski definition) is 0. The fraction of sp³-hybridized carbons (Fsp3) is 0.306. The molecular weight excluding hydrogens is 1970 g/mol. The van der Waals surface area contributed by atoms with E-state index in [-0.39, 0.29) is 44.9 Å². The van der Waals surface area contributed by atoms with Crippen LogP contribution in [-0.2, 0) is 92.2 Å². The number of carbonyl (C=O) groups is 1. The van der Waals surface area contributed by atoms with Gasteiger partial charge in [0.2, 0.25) is 0 Å². The molecule has 0 aliphatic rings. The van der Waals surface area contributed by atoms with Gasteiger partial charge in [-0.1, -0.05) is 213 Å². The first-order valence-electron chi connectivity index (χ1n) is 34.3. The van der Waals surface area contributed by atoms with Gasteiger partial charge >= 0.3 is 115 Å². The van der Waals surface area contributed by atoms with Crippen LogP contribution in [0.25, 0.3) is 0 Å². The van der Waals surface area contributed by atoms with Gasteiger partial charge < -0.3 is 45.2 Å². The lowest BCUT2D eigenvalue weighted by molar-refractivity contribution is -0.224. The van der Waals surface area contributed by atoms with Gasteiger partial charge in [0.15, 0.2) is 0 Å². The summed E-state index contributed by atoms with van der Waals surface area (Å²) in [6, 6.07) is 38.8. The Labute approximate surface area is 732 Å². The molecule has 0 heterocycles. The van der Waals surface area contributed by atoms with E-state index in [9.17, 15) is 192 Å². The van der Waals surface area contributed by atoms with E-state index in [1.807, 2.05) is 41.5 Å². The van der Waals surface area contributed by atoms with E-state index in [1.165, 1.54) is 130 Å². The Hall–Kier alpha value is -11.7. The van der Waals surface area contributed by atoms with Crippen molar-refractivity contribution in [1.82, 2.24) is 0 Å². The van der Waals surface area contributed by atoms with Crippen molar-refractivity contribution in [1.29, 1.82) is 0 Å². The van der Waals surface area contributed by atoms with Gasteiger partial charge in [0.1, 0.15) is 11.5 Å². The van der Waals surface area contributed by atoms with Crippen molar-refractivity contribution in [3.05, 3.63) is 237 Å². The third-order valence-electron chi connectivity index (χ3n) is 14.9. The van der Waals surface area contributed by atoms with Gasteiger partial charge in [0, 0.05) is 47.7 Å². The monoisotopic (exact) mass is 2030 g/mol. The van der Waals surface area contributed by atoms with Crippen molar-refractivity contribution >= 4 is 117 Å². The molecule has 0 saturated heterocycles. The fourth-order valence-corrected chi connectivity index (χ4v) is 10.9. The van der Waals surface area contributed by atoms with Crippen LogP contribution in [-0.4, -0.2) is 152 Å². The molecule has 0 spiro atoms. The Morgan fingerprint density at radius 2 is 0.557 bits per heavy atom. The van der Waals surface area contributed by atoms with E-state index < -0.39 is 167 Å². The van der Waals surface area contributed by atoms with E-state index in [0.717, 1.165) is 65.6 Å². The molecule has 0 amide bonds. The number of aryl methyl sites for hydroxylation is 2. The second-order valence-electron chi connectivity index (χ2n) is 26.6. The Kier molecular flexibility index (Phi) is 40.7. The molecule has 0 aliphatic carbocycles. The van der Waals surface area contributed by atoms with Gasteiger partial charge in [-0.05, 0) is 110 Å². The highest BCUT2D eigenvalue weighted by atomic mass is 32.2. The first-order chi connectivity index (χ1) is 58.9. The Morgan fingerprint density at radius 1 is 0.328 bits per heavy atom.